The molecule has 2 amide bonds. The molecule has 1 aromatic carbocycles. The molecule has 1 saturated heterocycles. The topological polar surface area (TPSA) is 118 Å². The van der Waals surface area contributed by atoms with Gasteiger partial charge in [-0.3, -0.25) is 10.1 Å². The Morgan fingerprint density at radius 1 is 1.14 bits per heavy atom. The lowest BCUT2D eigenvalue weighted by atomic mass is 10.1. The molecule has 1 fully saturated rings. The monoisotopic (exact) mass is 534 g/mol. The summed E-state index contributed by atoms with van der Waals surface area (Å²) < 4.78 is 68.5. The first-order valence-corrected chi connectivity index (χ1v) is 13.2. The number of halogens is 3. The van der Waals surface area contributed by atoms with Crippen molar-refractivity contribution in [2.45, 2.75) is 39.1 Å². The van der Waals surface area contributed by atoms with Gasteiger partial charge in [0, 0.05) is 19.6 Å². The summed E-state index contributed by atoms with van der Waals surface area (Å²) in [7, 11) is -3.16. The van der Waals surface area contributed by atoms with Crippen molar-refractivity contribution in [3.05, 3.63) is 41.1 Å². The molecule has 0 saturated carbocycles. The Morgan fingerprint density at radius 2 is 1.77 bits per heavy atom. The maximum atomic E-state index is 13.3. The number of thiazole rings is 1. The highest BCUT2D eigenvalue weighted by molar-refractivity contribution is 7.91. The highest BCUT2D eigenvalue weighted by Crippen LogP contribution is 2.34. The van der Waals surface area contributed by atoms with Crippen LogP contribution in [0.3, 0.4) is 0 Å². The van der Waals surface area contributed by atoms with Crippen molar-refractivity contribution in [1.82, 2.24) is 10.3 Å². The van der Waals surface area contributed by atoms with Crippen LogP contribution in [0.1, 0.15) is 42.4 Å². The van der Waals surface area contributed by atoms with Crippen molar-refractivity contribution < 1.29 is 35.9 Å². The minimum absolute atomic E-state index is 0.0317. The molecular formula is C21H25F3N4O5S2. The molecule has 2 heterocycles. The summed E-state index contributed by atoms with van der Waals surface area (Å²) in [4.78, 5) is 31.1. The molecule has 0 radical (unpaired) electrons. The van der Waals surface area contributed by atoms with Gasteiger partial charge in [0.2, 0.25) is 0 Å². The van der Waals surface area contributed by atoms with E-state index in [1.54, 1.807) is 25.7 Å². The second-order valence-electron chi connectivity index (χ2n) is 8.78. The van der Waals surface area contributed by atoms with E-state index in [1.165, 1.54) is 18.2 Å². The van der Waals surface area contributed by atoms with Gasteiger partial charge in [0.05, 0.1) is 17.1 Å². The molecule has 0 bridgehead atoms. The largest absolute Gasteiger partial charge is 0.444 e. The van der Waals surface area contributed by atoms with Gasteiger partial charge in [0.25, 0.3) is 5.91 Å². The van der Waals surface area contributed by atoms with Crippen LogP contribution < -0.4 is 15.5 Å². The molecule has 2 aromatic rings. The van der Waals surface area contributed by atoms with E-state index in [1.807, 2.05) is 0 Å². The third kappa shape index (κ3) is 7.31. The normalized spacial score (nSPS) is 16.0. The summed E-state index contributed by atoms with van der Waals surface area (Å²) in [6.45, 7) is 4.86. The predicted molar refractivity (Wildman–Crippen MR) is 125 cm³/mol. The maximum Gasteiger partial charge on any atom is 0.416 e. The molecule has 0 spiro atoms. The summed E-state index contributed by atoms with van der Waals surface area (Å²) >= 11 is 0.945. The van der Waals surface area contributed by atoms with Crippen molar-refractivity contribution in [2.24, 2.45) is 0 Å². The first-order chi connectivity index (χ1) is 16.1. The lowest BCUT2D eigenvalue weighted by molar-refractivity contribution is -0.138. The summed E-state index contributed by atoms with van der Waals surface area (Å²) in [6, 6.07) is 4.85. The molecule has 3 rings (SSSR count). The quantitative estimate of drug-likeness (QED) is 0.601. The highest BCUT2D eigenvalue weighted by Gasteiger charge is 2.33. The van der Waals surface area contributed by atoms with E-state index in [0.29, 0.717) is 5.13 Å². The number of aromatic nitrogens is 1. The average Bonchev–Trinajstić information content (AvgIpc) is 3.13. The number of nitrogens with one attached hydrogen (secondary N) is 2. The number of hydrogen-bond donors (Lipinski definition) is 2. The Bertz CT molecular complexity index is 1190. The zero-order chi connectivity index (χ0) is 26.0. The summed E-state index contributed by atoms with van der Waals surface area (Å²) in [5.41, 5.74) is -2.04. The molecule has 0 unspecified atom stereocenters. The van der Waals surface area contributed by atoms with Crippen LogP contribution in [0.2, 0.25) is 0 Å². The van der Waals surface area contributed by atoms with Gasteiger partial charge < -0.3 is 15.0 Å². The Kier molecular flexibility index (Phi) is 7.65. The molecule has 35 heavy (non-hydrogen) atoms. The fourth-order valence-electron chi connectivity index (χ4n) is 3.19. The molecule has 0 aliphatic carbocycles. The van der Waals surface area contributed by atoms with Gasteiger partial charge >= 0.3 is 12.3 Å². The summed E-state index contributed by atoms with van der Waals surface area (Å²) in [6.07, 6.45) is -5.43. The van der Waals surface area contributed by atoms with Crippen molar-refractivity contribution in [3.8, 4) is 0 Å². The fraction of sp³-hybridized carbons (Fsp3) is 0.476. The molecule has 9 nitrogen and oxygen atoms in total. The van der Waals surface area contributed by atoms with Crippen LogP contribution in [0.4, 0.5) is 28.1 Å². The Labute approximate surface area is 204 Å². The van der Waals surface area contributed by atoms with Crippen LogP contribution in [0.15, 0.2) is 24.3 Å². The smallest absolute Gasteiger partial charge is 0.416 e. The molecule has 0 atom stereocenters. The van der Waals surface area contributed by atoms with Crippen molar-refractivity contribution >= 4 is 43.3 Å². The number of nitrogens with zero attached hydrogens (tertiary/aromatic N) is 2. The number of anilines is 2. The van der Waals surface area contributed by atoms with Gasteiger partial charge in [0.1, 0.15) is 10.6 Å². The van der Waals surface area contributed by atoms with Crippen molar-refractivity contribution in [2.75, 3.05) is 34.8 Å². The van der Waals surface area contributed by atoms with Crippen LogP contribution in [-0.4, -0.2) is 55.6 Å². The average molecular weight is 535 g/mol. The van der Waals surface area contributed by atoms with E-state index in [2.05, 4.69) is 15.6 Å². The molecule has 1 aromatic heterocycles. The van der Waals surface area contributed by atoms with Gasteiger partial charge in [-0.1, -0.05) is 29.5 Å². The molecule has 14 heteroatoms. The third-order valence-electron chi connectivity index (χ3n) is 4.82. The number of alkyl halides is 3. The van der Waals surface area contributed by atoms with Gasteiger partial charge in [-0.2, -0.15) is 13.2 Å². The number of ether oxygens (including phenoxy) is 1. The van der Waals surface area contributed by atoms with Crippen LogP contribution in [0.5, 0.6) is 0 Å². The Balaban J connectivity index is 1.84. The van der Waals surface area contributed by atoms with E-state index in [0.717, 1.165) is 17.4 Å². The Morgan fingerprint density at radius 3 is 2.37 bits per heavy atom. The van der Waals surface area contributed by atoms with Crippen LogP contribution >= 0.6 is 11.3 Å². The first kappa shape index (κ1) is 26.7. The zero-order valence-electron chi connectivity index (χ0n) is 19.2. The SMILES string of the molecule is CC(C)(C)OC(=O)Nc1sc(N2CCS(=O)(=O)CC2)nc1C(=O)NCc1ccccc1C(F)(F)F. The highest BCUT2D eigenvalue weighted by atomic mass is 32.2. The number of rotatable bonds is 5. The zero-order valence-corrected chi connectivity index (χ0v) is 20.9. The van der Waals surface area contributed by atoms with Crippen molar-refractivity contribution in [1.29, 1.82) is 0 Å². The lowest BCUT2D eigenvalue weighted by Crippen LogP contribution is -2.40. The maximum absolute atomic E-state index is 13.3. The number of benzene rings is 1. The number of hydrogen-bond acceptors (Lipinski definition) is 8. The summed E-state index contributed by atoms with van der Waals surface area (Å²) in [5.74, 6) is -0.978. The molecular weight excluding hydrogens is 509 g/mol. The predicted octanol–water partition coefficient (Wildman–Crippen LogP) is 3.67. The van der Waals surface area contributed by atoms with Gasteiger partial charge in [-0.15, -0.1) is 0 Å². The number of sulfone groups is 1. The summed E-state index contributed by atoms with van der Waals surface area (Å²) in [5, 5.41) is 5.21. The molecule has 1 aliphatic heterocycles. The third-order valence-corrected chi connectivity index (χ3v) is 7.46. The molecule has 1 aliphatic rings. The van der Waals surface area contributed by atoms with Gasteiger partial charge in [-0.25, -0.2) is 18.2 Å². The molecule has 192 valence electrons. The van der Waals surface area contributed by atoms with Gasteiger partial charge in [0.15, 0.2) is 20.7 Å². The second-order valence-corrected chi connectivity index (χ2v) is 12.1. The fourth-order valence-corrected chi connectivity index (χ4v) is 5.39. The lowest BCUT2D eigenvalue weighted by Gasteiger charge is -2.25. The minimum Gasteiger partial charge on any atom is -0.444 e. The van der Waals surface area contributed by atoms with Crippen LogP contribution in [0, 0.1) is 0 Å². The van der Waals surface area contributed by atoms with Crippen LogP contribution in [-0.2, 0) is 27.3 Å². The van der Waals surface area contributed by atoms with E-state index >= 15 is 0 Å². The Hall–Kier alpha value is -2.87. The minimum atomic E-state index is -4.59. The van der Waals surface area contributed by atoms with Crippen LogP contribution in [0.25, 0.3) is 0 Å². The number of carbonyl (C=O) groups is 2. The van der Waals surface area contributed by atoms with Crippen molar-refractivity contribution in [3.63, 3.8) is 0 Å². The standard InChI is InChI=1S/C21H25F3N4O5S2/c1-20(2,3)33-19(30)27-17-15(26-18(34-17)28-8-10-35(31,32)11-9-28)16(29)25-12-13-6-4-5-7-14(13)21(22,23)24/h4-7H,8-12H2,1-3H3,(H,25,29)(H,27,30). The molecule has 2 N–H and O–H groups in total. The second kappa shape index (κ2) is 10.0. The van der Waals surface area contributed by atoms with E-state index in [9.17, 15) is 31.2 Å². The number of amides is 2. The van der Waals surface area contributed by atoms with E-state index in [4.69, 9.17) is 4.74 Å². The number of carbonyl (C=O) groups excluding carboxylic acids is 2. The first-order valence-electron chi connectivity index (χ1n) is 10.5. The van der Waals surface area contributed by atoms with Gasteiger partial charge in [-0.05, 0) is 32.4 Å². The van der Waals surface area contributed by atoms with E-state index in [-0.39, 0.29) is 40.9 Å². The van der Waals surface area contributed by atoms with E-state index < -0.39 is 45.7 Å².